The van der Waals surface area contributed by atoms with Crippen molar-refractivity contribution in [3.8, 4) is 5.75 Å². The van der Waals surface area contributed by atoms with Gasteiger partial charge in [0, 0.05) is 16.4 Å². The van der Waals surface area contributed by atoms with E-state index in [9.17, 15) is 27.6 Å². The Morgan fingerprint density at radius 3 is 2.42 bits per heavy atom. The molecule has 6 nitrogen and oxygen atoms in total. The number of aromatic amines is 1. The molecule has 1 saturated heterocycles. The van der Waals surface area contributed by atoms with Crippen molar-refractivity contribution in [3.05, 3.63) is 74.2 Å². The van der Waals surface area contributed by atoms with Gasteiger partial charge in [0.15, 0.2) is 0 Å². The molecule has 3 heterocycles. The number of ether oxygens (including phenoxy) is 1. The number of methoxy groups -OCH3 is 1. The molecule has 2 unspecified atom stereocenters. The average Bonchev–Trinajstić information content (AvgIpc) is 3.27. The number of hydrogen-bond acceptors (Lipinski definition) is 6. The lowest BCUT2D eigenvalue weighted by molar-refractivity contribution is -0.137. The van der Waals surface area contributed by atoms with Crippen LogP contribution in [-0.2, 0) is 15.8 Å². The summed E-state index contributed by atoms with van der Waals surface area (Å²) in [6.07, 6.45) is -4.75. The van der Waals surface area contributed by atoms with Gasteiger partial charge in [0.2, 0.25) is 11.8 Å². The quantitative estimate of drug-likeness (QED) is 0.553. The van der Waals surface area contributed by atoms with Crippen LogP contribution in [-0.4, -0.2) is 29.2 Å². The predicted molar refractivity (Wildman–Crippen MR) is 117 cm³/mol. The van der Waals surface area contributed by atoms with Gasteiger partial charge in [-0.1, -0.05) is 53.4 Å². The van der Waals surface area contributed by atoms with E-state index < -0.39 is 46.3 Å². The number of nitrogens with zero attached hydrogens (tertiary/aromatic N) is 1. The number of aromatic nitrogens is 1. The zero-order valence-corrected chi connectivity index (χ0v) is 18.5. The highest BCUT2D eigenvalue weighted by atomic mass is 32.2. The number of nitrogens with one attached hydrogen (secondary N) is 1. The van der Waals surface area contributed by atoms with Gasteiger partial charge in [-0.25, -0.2) is 4.90 Å². The summed E-state index contributed by atoms with van der Waals surface area (Å²) in [5.41, 5.74) is -0.975. The maximum absolute atomic E-state index is 13.7. The van der Waals surface area contributed by atoms with Crippen LogP contribution in [0.5, 0.6) is 5.75 Å². The maximum atomic E-state index is 13.7. The molecule has 0 aliphatic carbocycles. The molecule has 3 aromatic rings. The number of rotatable bonds is 3. The predicted octanol–water partition coefficient (Wildman–Crippen LogP) is 4.26. The fraction of sp³-hybridized carbons (Fsp3) is 0.227. The Kier molecular flexibility index (Phi) is 5.13. The lowest BCUT2D eigenvalue weighted by Crippen LogP contribution is -2.33. The third-order valence-corrected chi connectivity index (χ3v) is 8.15. The van der Waals surface area contributed by atoms with Gasteiger partial charge in [-0.3, -0.25) is 14.4 Å². The number of para-hydroxylation sites is 2. The van der Waals surface area contributed by atoms with E-state index in [1.54, 1.807) is 24.3 Å². The highest BCUT2D eigenvalue weighted by molar-refractivity contribution is 8.00. The fourth-order valence-corrected chi connectivity index (χ4v) is 6.93. The number of halogens is 3. The molecule has 3 atom stereocenters. The van der Waals surface area contributed by atoms with E-state index in [0.717, 1.165) is 35.2 Å². The van der Waals surface area contributed by atoms with Crippen LogP contribution in [0.4, 0.5) is 18.9 Å². The minimum atomic E-state index is -4.75. The van der Waals surface area contributed by atoms with Gasteiger partial charge in [0.25, 0.3) is 0 Å². The second-order valence-corrected chi connectivity index (χ2v) is 9.69. The van der Waals surface area contributed by atoms with E-state index in [1.165, 1.54) is 19.2 Å². The standard InChI is InChI=1S/C22H15F3N2O4S2/c1-31-13-9-5-2-6-10(13)14-15-17(32-18-16(14)33-21(30)26-18)20(29)27(19(15)28)12-8-4-3-7-11(12)22(23,24)25/h2-9,14-15,17H,1H3,(H,26,30)/t14-,15?,17?/m1/s1. The van der Waals surface area contributed by atoms with Gasteiger partial charge in [-0.15, -0.1) is 0 Å². The molecule has 33 heavy (non-hydrogen) atoms. The van der Waals surface area contributed by atoms with Crippen LogP contribution in [0.1, 0.15) is 21.9 Å². The molecule has 0 spiro atoms. The third kappa shape index (κ3) is 3.37. The molecule has 0 radical (unpaired) electrons. The Morgan fingerprint density at radius 1 is 1.00 bits per heavy atom. The highest BCUT2D eigenvalue weighted by Crippen LogP contribution is 2.55. The van der Waals surface area contributed by atoms with E-state index >= 15 is 0 Å². The van der Waals surface area contributed by atoms with Crippen LogP contribution < -0.4 is 14.5 Å². The van der Waals surface area contributed by atoms with Crippen LogP contribution in [0.3, 0.4) is 0 Å². The molecular weight excluding hydrogens is 477 g/mol. The number of amides is 2. The minimum Gasteiger partial charge on any atom is -0.496 e. The summed E-state index contributed by atoms with van der Waals surface area (Å²) >= 11 is 1.92. The summed E-state index contributed by atoms with van der Waals surface area (Å²) < 4.78 is 46.5. The largest absolute Gasteiger partial charge is 0.496 e. The molecule has 0 bridgehead atoms. The van der Waals surface area contributed by atoms with E-state index in [2.05, 4.69) is 4.98 Å². The number of H-pyrrole nitrogens is 1. The summed E-state index contributed by atoms with van der Waals surface area (Å²) in [5.74, 6) is -2.76. The van der Waals surface area contributed by atoms with Gasteiger partial charge < -0.3 is 9.72 Å². The first-order valence-electron chi connectivity index (χ1n) is 9.79. The van der Waals surface area contributed by atoms with E-state index in [0.29, 0.717) is 26.1 Å². The number of benzene rings is 2. The minimum absolute atomic E-state index is 0.341. The van der Waals surface area contributed by atoms with Crippen molar-refractivity contribution in [1.29, 1.82) is 0 Å². The zero-order chi connectivity index (χ0) is 23.5. The van der Waals surface area contributed by atoms with E-state index in [-0.39, 0.29) is 4.87 Å². The van der Waals surface area contributed by atoms with Crippen LogP contribution >= 0.6 is 23.1 Å². The average molecular weight is 493 g/mol. The Labute approximate surface area is 193 Å². The molecule has 0 saturated carbocycles. The van der Waals surface area contributed by atoms with Crippen molar-refractivity contribution < 1.29 is 27.5 Å². The number of alkyl halides is 3. The van der Waals surface area contributed by atoms with Crippen molar-refractivity contribution in [1.82, 2.24) is 4.98 Å². The second-order valence-electron chi connectivity index (χ2n) is 7.52. The number of fused-ring (bicyclic) bond motifs is 2. The van der Waals surface area contributed by atoms with Gasteiger partial charge in [0.05, 0.1) is 29.3 Å². The van der Waals surface area contributed by atoms with Crippen LogP contribution in [0, 0.1) is 5.92 Å². The first-order chi connectivity index (χ1) is 15.7. The maximum Gasteiger partial charge on any atom is 0.418 e. The topological polar surface area (TPSA) is 79.5 Å². The van der Waals surface area contributed by atoms with E-state index in [4.69, 9.17) is 4.74 Å². The first-order valence-corrected chi connectivity index (χ1v) is 11.5. The van der Waals surface area contributed by atoms with Crippen LogP contribution in [0.2, 0.25) is 0 Å². The summed E-state index contributed by atoms with van der Waals surface area (Å²) in [4.78, 5) is 42.7. The fourth-order valence-electron chi connectivity index (χ4n) is 4.42. The lowest BCUT2D eigenvalue weighted by Gasteiger charge is -2.30. The summed E-state index contributed by atoms with van der Waals surface area (Å²) in [6, 6.07) is 11.4. The molecule has 1 fully saturated rings. The van der Waals surface area contributed by atoms with Gasteiger partial charge in [-0.2, -0.15) is 13.2 Å². The SMILES string of the molecule is COc1ccccc1[C@H]1c2sc(=O)[nH]c2SC2C(=O)N(c3ccccc3C(F)(F)F)C(=O)C21. The molecule has 1 aromatic heterocycles. The Hall–Kier alpha value is -3.05. The van der Waals surface area contributed by atoms with Crippen molar-refractivity contribution in [2.75, 3.05) is 12.0 Å². The van der Waals surface area contributed by atoms with Gasteiger partial charge in [-0.05, 0) is 18.2 Å². The molecule has 2 aliphatic heterocycles. The number of thiazole rings is 1. The molecule has 1 N–H and O–H groups in total. The van der Waals surface area contributed by atoms with Crippen molar-refractivity contribution in [2.24, 2.45) is 5.92 Å². The molecule has 2 aromatic carbocycles. The van der Waals surface area contributed by atoms with E-state index in [1.807, 2.05) is 0 Å². The monoisotopic (exact) mass is 492 g/mol. The summed E-state index contributed by atoms with van der Waals surface area (Å²) in [7, 11) is 1.46. The first kappa shape index (κ1) is 21.8. The molecule has 2 aliphatic rings. The Balaban J connectivity index is 1.69. The molecular formula is C22H15F3N2O4S2. The van der Waals surface area contributed by atoms with Crippen LogP contribution in [0.15, 0.2) is 58.4 Å². The molecule has 5 rings (SSSR count). The van der Waals surface area contributed by atoms with Gasteiger partial charge in [0.1, 0.15) is 11.0 Å². The normalized spacial score (nSPS) is 22.3. The number of hydrogen-bond donors (Lipinski definition) is 1. The summed E-state index contributed by atoms with van der Waals surface area (Å²) in [6.45, 7) is 0. The number of anilines is 1. The number of imide groups is 1. The lowest BCUT2D eigenvalue weighted by atomic mass is 9.82. The Morgan fingerprint density at radius 2 is 1.70 bits per heavy atom. The molecule has 2 amide bonds. The smallest absolute Gasteiger partial charge is 0.418 e. The second kappa shape index (κ2) is 7.77. The molecule has 11 heteroatoms. The molecule has 170 valence electrons. The van der Waals surface area contributed by atoms with Crippen molar-refractivity contribution in [3.63, 3.8) is 0 Å². The van der Waals surface area contributed by atoms with Crippen molar-refractivity contribution >= 4 is 40.6 Å². The Bertz CT molecular complexity index is 1330. The van der Waals surface area contributed by atoms with Crippen LogP contribution in [0.25, 0.3) is 0 Å². The number of carbonyl (C=O) groups excluding carboxylic acids is 2. The summed E-state index contributed by atoms with van der Waals surface area (Å²) in [5, 5.41) is -0.555. The van der Waals surface area contributed by atoms with Crippen molar-refractivity contribution in [2.45, 2.75) is 22.4 Å². The van der Waals surface area contributed by atoms with Gasteiger partial charge >= 0.3 is 11.0 Å². The number of carbonyl (C=O) groups is 2. The number of thioether (sulfide) groups is 1. The highest BCUT2D eigenvalue weighted by Gasteiger charge is 2.57. The zero-order valence-electron chi connectivity index (χ0n) is 16.9. The third-order valence-electron chi connectivity index (χ3n) is 5.75.